The Morgan fingerprint density at radius 2 is 2.28 bits per heavy atom. The highest BCUT2D eigenvalue weighted by Gasteiger charge is 2.17. The van der Waals surface area contributed by atoms with Crippen LogP contribution in [0.5, 0.6) is 0 Å². The average molecular weight is 249 g/mol. The number of ether oxygens (including phenoxy) is 2. The lowest BCUT2D eigenvalue weighted by atomic mass is 10.0. The third-order valence-corrected chi connectivity index (χ3v) is 3.52. The molecule has 1 fully saturated rings. The molecular formula is C15H23NO2. The second-order valence-electron chi connectivity index (χ2n) is 4.87. The molecule has 1 aromatic carbocycles. The molecule has 3 heteroatoms. The summed E-state index contributed by atoms with van der Waals surface area (Å²) in [6.45, 7) is 4.44. The molecule has 0 aromatic heterocycles. The molecular weight excluding hydrogens is 226 g/mol. The Kier molecular flexibility index (Phi) is 5.17. The summed E-state index contributed by atoms with van der Waals surface area (Å²) in [7, 11) is 1.98. The number of hydrogen-bond acceptors (Lipinski definition) is 3. The van der Waals surface area contributed by atoms with Gasteiger partial charge in [0.05, 0.1) is 25.4 Å². The quantitative estimate of drug-likeness (QED) is 0.840. The lowest BCUT2D eigenvalue weighted by molar-refractivity contribution is 0.0105. The molecule has 0 aliphatic carbocycles. The summed E-state index contributed by atoms with van der Waals surface area (Å²) in [5.74, 6) is 0. The Morgan fingerprint density at radius 3 is 2.94 bits per heavy atom. The van der Waals surface area contributed by atoms with Crippen LogP contribution in [0.3, 0.4) is 0 Å². The Hall–Kier alpha value is -0.900. The maximum Gasteiger partial charge on any atom is 0.0809 e. The van der Waals surface area contributed by atoms with E-state index in [1.165, 1.54) is 17.5 Å². The third kappa shape index (κ3) is 3.55. The molecule has 2 atom stereocenters. The first-order valence-electron chi connectivity index (χ1n) is 6.73. The molecule has 0 amide bonds. The monoisotopic (exact) mass is 249 g/mol. The first-order chi connectivity index (χ1) is 8.81. The van der Waals surface area contributed by atoms with E-state index in [9.17, 15) is 0 Å². The normalized spacial score (nSPS) is 21.1. The van der Waals surface area contributed by atoms with Gasteiger partial charge >= 0.3 is 0 Å². The van der Waals surface area contributed by atoms with Crippen LogP contribution in [0.25, 0.3) is 0 Å². The number of hydrogen-bond donors (Lipinski definition) is 1. The minimum Gasteiger partial charge on any atom is -0.377 e. The fourth-order valence-electron chi connectivity index (χ4n) is 2.40. The van der Waals surface area contributed by atoms with Crippen LogP contribution in [0.15, 0.2) is 24.3 Å². The highest BCUT2D eigenvalue weighted by Crippen LogP contribution is 2.18. The first kappa shape index (κ1) is 13.5. The van der Waals surface area contributed by atoms with Crippen molar-refractivity contribution in [2.24, 2.45) is 0 Å². The molecule has 100 valence electrons. The van der Waals surface area contributed by atoms with Crippen molar-refractivity contribution in [1.29, 1.82) is 0 Å². The van der Waals surface area contributed by atoms with Crippen molar-refractivity contribution < 1.29 is 9.47 Å². The molecule has 1 heterocycles. The molecule has 2 rings (SSSR count). The Balaban J connectivity index is 1.83. The number of likely N-dealkylation sites (N-methyl/N-ethyl adjacent to an activating group) is 1. The van der Waals surface area contributed by atoms with Crippen molar-refractivity contribution in [3.05, 3.63) is 35.4 Å². The molecule has 0 spiro atoms. The zero-order valence-corrected chi connectivity index (χ0v) is 11.3. The third-order valence-electron chi connectivity index (χ3n) is 3.52. The molecule has 18 heavy (non-hydrogen) atoms. The lowest BCUT2D eigenvalue weighted by Gasteiger charge is -2.20. The maximum atomic E-state index is 5.79. The van der Waals surface area contributed by atoms with Crippen molar-refractivity contribution in [2.75, 3.05) is 26.9 Å². The summed E-state index contributed by atoms with van der Waals surface area (Å²) >= 11 is 0. The largest absolute Gasteiger partial charge is 0.377 e. The number of aryl methyl sites for hydroxylation is 1. The van der Waals surface area contributed by atoms with Crippen LogP contribution < -0.4 is 5.32 Å². The van der Waals surface area contributed by atoms with Gasteiger partial charge in [-0.05, 0) is 37.9 Å². The van der Waals surface area contributed by atoms with Crippen molar-refractivity contribution >= 4 is 0 Å². The first-order valence-corrected chi connectivity index (χ1v) is 6.73. The van der Waals surface area contributed by atoms with E-state index in [-0.39, 0.29) is 6.04 Å². The van der Waals surface area contributed by atoms with Crippen LogP contribution in [0.4, 0.5) is 0 Å². The summed E-state index contributed by atoms with van der Waals surface area (Å²) in [6, 6.07) is 8.70. The van der Waals surface area contributed by atoms with Crippen molar-refractivity contribution in [3.63, 3.8) is 0 Å². The van der Waals surface area contributed by atoms with Gasteiger partial charge in [0.2, 0.25) is 0 Å². The van der Waals surface area contributed by atoms with Gasteiger partial charge in [0.25, 0.3) is 0 Å². The Labute approximate surface area is 109 Å². The Morgan fingerprint density at radius 1 is 1.44 bits per heavy atom. The second-order valence-corrected chi connectivity index (χ2v) is 4.87. The average Bonchev–Trinajstić information content (AvgIpc) is 2.89. The van der Waals surface area contributed by atoms with Crippen LogP contribution in [-0.4, -0.2) is 33.0 Å². The predicted octanol–water partition coefficient (Wildman–Crippen LogP) is 2.45. The van der Waals surface area contributed by atoms with Crippen LogP contribution >= 0.6 is 0 Å². The van der Waals surface area contributed by atoms with E-state index in [4.69, 9.17) is 9.47 Å². The summed E-state index contributed by atoms with van der Waals surface area (Å²) < 4.78 is 11.3. The van der Waals surface area contributed by atoms with Crippen LogP contribution in [-0.2, 0) is 9.47 Å². The highest BCUT2D eigenvalue weighted by molar-refractivity contribution is 5.28. The zero-order chi connectivity index (χ0) is 12.8. The van der Waals surface area contributed by atoms with Crippen LogP contribution in [0.2, 0.25) is 0 Å². The minimum absolute atomic E-state index is 0.257. The molecule has 0 saturated carbocycles. The van der Waals surface area contributed by atoms with Gasteiger partial charge < -0.3 is 14.8 Å². The van der Waals surface area contributed by atoms with Crippen molar-refractivity contribution in [2.45, 2.75) is 31.9 Å². The molecule has 0 radical (unpaired) electrons. The molecule has 1 saturated heterocycles. The fraction of sp³-hybridized carbons (Fsp3) is 0.600. The highest BCUT2D eigenvalue weighted by atomic mass is 16.5. The minimum atomic E-state index is 0.257. The van der Waals surface area contributed by atoms with E-state index in [1.54, 1.807) is 0 Å². The van der Waals surface area contributed by atoms with Gasteiger partial charge in [0.15, 0.2) is 0 Å². The molecule has 0 bridgehead atoms. The summed E-state index contributed by atoms with van der Waals surface area (Å²) in [5.41, 5.74) is 2.62. The topological polar surface area (TPSA) is 30.5 Å². The van der Waals surface area contributed by atoms with E-state index >= 15 is 0 Å². The van der Waals surface area contributed by atoms with E-state index in [0.717, 1.165) is 13.0 Å². The molecule has 1 aliphatic heterocycles. The van der Waals surface area contributed by atoms with Gasteiger partial charge in [0.1, 0.15) is 0 Å². The summed E-state index contributed by atoms with van der Waals surface area (Å²) in [5, 5.41) is 3.32. The second kappa shape index (κ2) is 6.88. The van der Waals surface area contributed by atoms with Crippen molar-refractivity contribution in [1.82, 2.24) is 5.32 Å². The van der Waals surface area contributed by atoms with E-state index in [1.807, 2.05) is 7.05 Å². The maximum absolute atomic E-state index is 5.79. The lowest BCUT2D eigenvalue weighted by Crippen LogP contribution is -2.25. The summed E-state index contributed by atoms with van der Waals surface area (Å²) in [4.78, 5) is 0. The molecule has 1 aromatic rings. The fourth-order valence-corrected chi connectivity index (χ4v) is 2.40. The van der Waals surface area contributed by atoms with Crippen molar-refractivity contribution in [3.8, 4) is 0 Å². The van der Waals surface area contributed by atoms with Gasteiger partial charge in [-0.25, -0.2) is 0 Å². The van der Waals surface area contributed by atoms with E-state index in [2.05, 4.69) is 36.5 Å². The van der Waals surface area contributed by atoms with Crippen LogP contribution in [0.1, 0.15) is 30.0 Å². The van der Waals surface area contributed by atoms with Gasteiger partial charge in [-0.15, -0.1) is 0 Å². The molecule has 1 N–H and O–H groups in total. The van der Waals surface area contributed by atoms with Gasteiger partial charge in [-0.1, -0.05) is 24.3 Å². The number of benzene rings is 1. The standard InChI is InChI=1S/C15H23NO2/c1-12-6-3-4-8-14(12)15(16-2)11-17-10-13-7-5-9-18-13/h3-4,6,8,13,15-16H,5,7,9-11H2,1-2H3. The molecule has 3 nitrogen and oxygen atoms in total. The molecule has 2 unspecified atom stereocenters. The smallest absolute Gasteiger partial charge is 0.0809 e. The number of rotatable bonds is 6. The van der Waals surface area contributed by atoms with Gasteiger partial charge in [0, 0.05) is 6.61 Å². The summed E-state index contributed by atoms with van der Waals surface area (Å²) in [6.07, 6.45) is 2.61. The Bertz CT molecular complexity index is 361. The van der Waals surface area contributed by atoms with E-state index in [0.29, 0.717) is 19.3 Å². The number of nitrogens with one attached hydrogen (secondary N) is 1. The SMILES string of the molecule is CNC(COCC1CCCO1)c1ccccc1C. The van der Waals surface area contributed by atoms with E-state index < -0.39 is 0 Å². The molecule has 1 aliphatic rings. The van der Waals surface area contributed by atoms with Crippen LogP contribution in [0, 0.1) is 6.92 Å². The van der Waals surface area contributed by atoms with Gasteiger partial charge in [-0.3, -0.25) is 0 Å². The van der Waals surface area contributed by atoms with Gasteiger partial charge in [-0.2, -0.15) is 0 Å². The zero-order valence-electron chi connectivity index (χ0n) is 11.3. The predicted molar refractivity (Wildman–Crippen MR) is 72.8 cm³/mol.